The number of nitrogens with one attached hydrogen (secondary N) is 2. The summed E-state index contributed by atoms with van der Waals surface area (Å²) in [5.74, 6) is 0. The van der Waals surface area contributed by atoms with Gasteiger partial charge in [0.2, 0.25) is 6.41 Å². The van der Waals surface area contributed by atoms with Crippen molar-refractivity contribution in [3.63, 3.8) is 0 Å². The Labute approximate surface area is 252 Å². The van der Waals surface area contributed by atoms with Gasteiger partial charge in [-0.15, -0.1) is 11.3 Å². The standard InChI is InChI=1S/C32H44N6O3S/c1-6-38-27-15-14-25(26-19-42-28(36-26)13-9-7-8-10-17-34-35-21-40)37-30(27)24(18-32(3,4)20-39)31(38)23-12-11-16-33-29(23)22(2)41-5/h11-12,14-16,19,21-22,34,39H,6-10,13,17-18,20H2,1-5H3,(H,35,40). The maximum Gasteiger partial charge on any atom is 0.221 e. The van der Waals surface area contributed by atoms with Crippen LogP contribution in [0.2, 0.25) is 0 Å². The van der Waals surface area contributed by atoms with E-state index in [1.807, 2.05) is 19.2 Å². The number of hydrazine groups is 1. The number of nitrogens with zero attached hydrogens (tertiary/aromatic N) is 4. The third kappa shape index (κ3) is 7.42. The quantitative estimate of drug-likeness (QED) is 0.0799. The number of rotatable bonds is 17. The SMILES string of the molecule is CCn1c(-c2cccnc2C(C)OC)c(CC(C)(C)CO)c2nc(-c3csc(CCCCCCNNC=O)n3)ccc21. The van der Waals surface area contributed by atoms with Crippen LogP contribution in [0.1, 0.15) is 75.7 Å². The monoisotopic (exact) mass is 592 g/mol. The van der Waals surface area contributed by atoms with E-state index in [1.165, 1.54) is 0 Å². The lowest BCUT2D eigenvalue weighted by molar-refractivity contribution is -0.110. The number of hydrogen-bond acceptors (Lipinski definition) is 8. The zero-order valence-corrected chi connectivity index (χ0v) is 26.3. The Bertz CT molecular complexity index is 1460. The second-order valence-electron chi connectivity index (χ2n) is 11.4. The molecule has 0 fully saturated rings. The Hall–Kier alpha value is -3.18. The normalized spacial score (nSPS) is 12.6. The zero-order valence-electron chi connectivity index (χ0n) is 25.4. The first-order valence-corrected chi connectivity index (χ1v) is 15.7. The molecule has 0 spiro atoms. The highest BCUT2D eigenvalue weighted by Crippen LogP contribution is 2.40. The molecule has 0 aromatic carbocycles. The molecule has 4 rings (SSSR count). The molecule has 0 aliphatic rings. The lowest BCUT2D eigenvalue weighted by Crippen LogP contribution is -2.30. The van der Waals surface area contributed by atoms with E-state index in [0.29, 0.717) is 12.8 Å². The maximum absolute atomic E-state index is 10.3. The molecule has 226 valence electrons. The smallest absolute Gasteiger partial charge is 0.221 e. The summed E-state index contributed by atoms with van der Waals surface area (Å²) in [6.45, 7) is 9.96. The third-order valence-corrected chi connectivity index (χ3v) is 8.56. The second kappa shape index (κ2) is 14.8. The number of unbranched alkanes of at least 4 members (excludes halogenated alkanes) is 3. The van der Waals surface area contributed by atoms with Gasteiger partial charge in [0.25, 0.3) is 0 Å². The highest BCUT2D eigenvalue weighted by Gasteiger charge is 2.28. The summed E-state index contributed by atoms with van der Waals surface area (Å²) in [5.41, 5.74) is 12.9. The molecule has 0 saturated heterocycles. The van der Waals surface area contributed by atoms with Crippen molar-refractivity contribution in [2.45, 2.75) is 78.9 Å². The molecule has 0 bridgehead atoms. The summed E-state index contributed by atoms with van der Waals surface area (Å²) in [6.07, 6.45) is 8.24. The highest BCUT2D eigenvalue weighted by atomic mass is 32.1. The zero-order chi connectivity index (χ0) is 30.1. The number of ether oxygens (including phenoxy) is 1. The number of aromatic nitrogens is 4. The van der Waals surface area contributed by atoms with Gasteiger partial charge in [-0.25, -0.2) is 15.4 Å². The van der Waals surface area contributed by atoms with Crippen LogP contribution in [0.15, 0.2) is 35.8 Å². The average Bonchev–Trinajstić information content (AvgIpc) is 3.60. The fourth-order valence-corrected chi connectivity index (χ4v) is 6.16. The predicted molar refractivity (Wildman–Crippen MR) is 169 cm³/mol. The second-order valence-corrected chi connectivity index (χ2v) is 12.4. The molecule has 0 saturated carbocycles. The third-order valence-electron chi connectivity index (χ3n) is 7.66. The molecule has 4 aromatic rings. The van der Waals surface area contributed by atoms with E-state index < -0.39 is 0 Å². The molecule has 1 amide bonds. The lowest BCUT2D eigenvalue weighted by atomic mass is 9.85. The van der Waals surface area contributed by atoms with Crippen molar-refractivity contribution in [2.75, 3.05) is 20.3 Å². The predicted octanol–water partition coefficient (Wildman–Crippen LogP) is 5.86. The van der Waals surface area contributed by atoms with E-state index in [2.05, 4.69) is 59.8 Å². The number of fused-ring (bicyclic) bond motifs is 1. The molecule has 4 heterocycles. The molecule has 0 aliphatic carbocycles. The van der Waals surface area contributed by atoms with Crippen LogP contribution in [-0.2, 0) is 28.9 Å². The number of aliphatic hydroxyl groups excluding tert-OH is 1. The molecule has 42 heavy (non-hydrogen) atoms. The van der Waals surface area contributed by atoms with E-state index in [1.54, 1.807) is 18.4 Å². The van der Waals surface area contributed by atoms with Crippen molar-refractivity contribution in [1.29, 1.82) is 0 Å². The van der Waals surface area contributed by atoms with Crippen LogP contribution in [0.5, 0.6) is 0 Å². The molecule has 1 unspecified atom stereocenters. The van der Waals surface area contributed by atoms with Crippen molar-refractivity contribution in [1.82, 2.24) is 30.4 Å². The Morgan fingerprint density at radius 3 is 2.69 bits per heavy atom. The van der Waals surface area contributed by atoms with Crippen molar-refractivity contribution in [2.24, 2.45) is 5.41 Å². The summed E-state index contributed by atoms with van der Waals surface area (Å²) < 4.78 is 8.01. The minimum atomic E-state index is -0.330. The number of thiazole rings is 1. The van der Waals surface area contributed by atoms with Crippen LogP contribution in [0, 0.1) is 5.41 Å². The highest BCUT2D eigenvalue weighted by molar-refractivity contribution is 7.09. The lowest BCUT2D eigenvalue weighted by Gasteiger charge is -2.23. The number of hydrogen-bond donors (Lipinski definition) is 3. The van der Waals surface area contributed by atoms with Crippen LogP contribution < -0.4 is 10.9 Å². The summed E-state index contributed by atoms with van der Waals surface area (Å²) in [5, 5.41) is 13.5. The van der Waals surface area contributed by atoms with Crippen LogP contribution in [0.25, 0.3) is 33.7 Å². The van der Waals surface area contributed by atoms with Gasteiger partial charge in [-0.05, 0) is 69.2 Å². The topological polar surface area (TPSA) is 114 Å². The Balaban J connectivity index is 1.67. The Morgan fingerprint density at radius 1 is 1.14 bits per heavy atom. The van der Waals surface area contributed by atoms with Gasteiger partial charge in [0.15, 0.2) is 0 Å². The minimum absolute atomic E-state index is 0.0703. The maximum atomic E-state index is 10.3. The number of aryl methyl sites for hydroxylation is 2. The molecule has 0 aliphatic heterocycles. The molecule has 4 aromatic heterocycles. The van der Waals surface area contributed by atoms with E-state index in [9.17, 15) is 9.90 Å². The van der Waals surface area contributed by atoms with E-state index in [4.69, 9.17) is 19.7 Å². The van der Waals surface area contributed by atoms with E-state index >= 15 is 0 Å². The van der Waals surface area contributed by atoms with Gasteiger partial charge in [0.05, 0.1) is 44.9 Å². The van der Waals surface area contributed by atoms with Gasteiger partial charge in [0.1, 0.15) is 0 Å². The van der Waals surface area contributed by atoms with Gasteiger partial charge >= 0.3 is 0 Å². The first kappa shape index (κ1) is 31.7. The van der Waals surface area contributed by atoms with Gasteiger partial charge in [0, 0.05) is 49.5 Å². The number of carbonyl (C=O) groups excluding carboxylic acids is 1. The molecule has 3 N–H and O–H groups in total. The summed E-state index contributed by atoms with van der Waals surface area (Å²) in [7, 11) is 1.71. The van der Waals surface area contributed by atoms with E-state index in [-0.39, 0.29) is 18.1 Å². The minimum Gasteiger partial charge on any atom is -0.396 e. The molecular formula is C32H44N6O3S. The molecular weight excluding hydrogens is 548 g/mol. The van der Waals surface area contributed by atoms with Gasteiger partial charge < -0.3 is 14.4 Å². The Morgan fingerprint density at radius 2 is 1.95 bits per heavy atom. The van der Waals surface area contributed by atoms with Crippen molar-refractivity contribution in [3.05, 3.63) is 52.1 Å². The fraction of sp³-hybridized carbons (Fsp3) is 0.500. The van der Waals surface area contributed by atoms with Gasteiger partial charge in [-0.2, -0.15) is 0 Å². The van der Waals surface area contributed by atoms with Crippen LogP contribution in [0.4, 0.5) is 0 Å². The number of aliphatic hydroxyl groups is 1. The van der Waals surface area contributed by atoms with Crippen molar-refractivity contribution in [3.8, 4) is 22.6 Å². The Kier molecular flexibility index (Phi) is 11.2. The van der Waals surface area contributed by atoms with Crippen LogP contribution in [0.3, 0.4) is 0 Å². The van der Waals surface area contributed by atoms with Crippen LogP contribution >= 0.6 is 11.3 Å². The fourth-order valence-electron chi connectivity index (χ4n) is 5.32. The van der Waals surface area contributed by atoms with Gasteiger partial charge in [-0.1, -0.05) is 26.7 Å². The van der Waals surface area contributed by atoms with Crippen molar-refractivity contribution >= 4 is 28.8 Å². The number of carbonyl (C=O) groups is 1. The first-order valence-electron chi connectivity index (χ1n) is 14.8. The molecule has 0 radical (unpaired) electrons. The van der Waals surface area contributed by atoms with E-state index in [0.717, 1.165) is 95.1 Å². The molecule has 9 nitrogen and oxygen atoms in total. The molecule has 10 heteroatoms. The summed E-state index contributed by atoms with van der Waals surface area (Å²) in [6, 6.07) is 8.31. The average molecular weight is 593 g/mol. The number of amides is 1. The number of methoxy groups -OCH3 is 1. The molecule has 1 atom stereocenters. The van der Waals surface area contributed by atoms with Gasteiger partial charge in [-0.3, -0.25) is 15.2 Å². The van der Waals surface area contributed by atoms with Crippen LogP contribution in [-0.4, -0.2) is 51.3 Å². The number of pyridine rings is 2. The summed E-state index contributed by atoms with van der Waals surface area (Å²) >= 11 is 1.69. The first-order chi connectivity index (χ1) is 20.3. The summed E-state index contributed by atoms with van der Waals surface area (Å²) in [4.78, 5) is 25.2. The van der Waals surface area contributed by atoms with Crippen molar-refractivity contribution < 1.29 is 14.6 Å². The largest absolute Gasteiger partial charge is 0.396 e.